The summed E-state index contributed by atoms with van der Waals surface area (Å²) in [4.78, 5) is 21.7. The van der Waals surface area contributed by atoms with Gasteiger partial charge in [0.25, 0.3) is 5.91 Å². The van der Waals surface area contributed by atoms with Crippen molar-refractivity contribution in [3.05, 3.63) is 41.7 Å². The first kappa shape index (κ1) is 15.4. The van der Waals surface area contributed by atoms with Crippen LogP contribution >= 0.6 is 0 Å². The van der Waals surface area contributed by atoms with E-state index in [1.165, 1.54) is 12.4 Å². The molecule has 0 bridgehead atoms. The van der Waals surface area contributed by atoms with E-state index >= 15 is 0 Å². The lowest BCUT2D eigenvalue weighted by atomic mass is 9.94. The molecule has 0 aromatic carbocycles. The van der Waals surface area contributed by atoms with E-state index in [4.69, 9.17) is 0 Å². The highest BCUT2D eigenvalue weighted by molar-refractivity contribution is 5.90. The van der Waals surface area contributed by atoms with Crippen LogP contribution in [0, 0.1) is 0 Å². The fraction of sp³-hybridized carbons (Fsp3) is 0.429. The maximum atomic E-state index is 12.6. The van der Waals surface area contributed by atoms with Crippen LogP contribution in [0.25, 0.3) is 0 Å². The topological polar surface area (TPSA) is 74.8 Å². The molecule has 9 heteroatoms. The minimum atomic E-state index is -4.48. The first-order valence-corrected chi connectivity index (χ1v) is 7.14. The number of amides is 1. The number of hydrogen-bond donors (Lipinski definition) is 1. The summed E-state index contributed by atoms with van der Waals surface area (Å²) in [7, 11) is 0. The lowest BCUT2D eigenvalue weighted by molar-refractivity contribution is -0.141. The number of rotatable bonds is 2. The predicted octanol–water partition coefficient (Wildman–Crippen LogP) is 2.24. The van der Waals surface area contributed by atoms with Gasteiger partial charge < -0.3 is 4.90 Å². The van der Waals surface area contributed by atoms with E-state index in [2.05, 4.69) is 20.2 Å². The zero-order valence-electron chi connectivity index (χ0n) is 12.0. The highest BCUT2D eigenvalue weighted by Gasteiger charge is 2.35. The quantitative estimate of drug-likeness (QED) is 0.919. The molecule has 2 aromatic heterocycles. The van der Waals surface area contributed by atoms with Gasteiger partial charge in [0.15, 0.2) is 5.69 Å². The summed E-state index contributed by atoms with van der Waals surface area (Å²) >= 11 is 0. The van der Waals surface area contributed by atoms with Gasteiger partial charge in [0.1, 0.15) is 0 Å². The van der Waals surface area contributed by atoms with E-state index in [9.17, 15) is 18.0 Å². The number of nitrogens with one attached hydrogen (secondary N) is 1. The molecular formula is C14H14F3N5O. The number of carbonyl (C=O) groups is 1. The van der Waals surface area contributed by atoms with Gasteiger partial charge in [-0.25, -0.2) is 9.97 Å². The summed E-state index contributed by atoms with van der Waals surface area (Å²) in [6.07, 6.45) is -0.127. The molecule has 23 heavy (non-hydrogen) atoms. The second-order valence-corrected chi connectivity index (χ2v) is 5.37. The zero-order valence-corrected chi connectivity index (χ0v) is 12.0. The molecule has 122 valence electrons. The summed E-state index contributed by atoms with van der Waals surface area (Å²) in [5, 5.41) is 5.75. The fourth-order valence-corrected chi connectivity index (χ4v) is 2.66. The van der Waals surface area contributed by atoms with Crippen molar-refractivity contribution in [3.63, 3.8) is 0 Å². The van der Waals surface area contributed by atoms with Gasteiger partial charge in [-0.05, 0) is 25.0 Å². The van der Waals surface area contributed by atoms with Crippen molar-refractivity contribution in [2.24, 2.45) is 0 Å². The molecule has 1 N–H and O–H groups in total. The van der Waals surface area contributed by atoms with Gasteiger partial charge in [-0.2, -0.15) is 18.3 Å². The summed E-state index contributed by atoms with van der Waals surface area (Å²) in [5.74, 6) is -0.431. The highest BCUT2D eigenvalue weighted by atomic mass is 19.4. The third-order valence-corrected chi connectivity index (χ3v) is 3.79. The number of halogens is 3. The summed E-state index contributed by atoms with van der Waals surface area (Å²) in [5.41, 5.74) is -0.550. The molecule has 6 nitrogen and oxygen atoms in total. The number of aromatic amines is 1. The first-order valence-electron chi connectivity index (χ1n) is 7.14. The van der Waals surface area contributed by atoms with Crippen LogP contribution in [0.4, 0.5) is 13.2 Å². The van der Waals surface area contributed by atoms with Crippen LogP contribution in [0.2, 0.25) is 0 Å². The summed E-state index contributed by atoms with van der Waals surface area (Å²) in [6, 6.07) is 2.62. The maximum Gasteiger partial charge on any atom is 0.435 e. The van der Waals surface area contributed by atoms with Crippen LogP contribution < -0.4 is 0 Å². The zero-order chi connectivity index (χ0) is 16.4. The van der Waals surface area contributed by atoms with E-state index in [1.54, 1.807) is 11.0 Å². The van der Waals surface area contributed by atoms with Crippen molar-refractivity contribution in [2.45, 2.75) is 24.9 Å². The number of piperidine rings is 1. The Bertz CT molecular complexity index is 685. The Hall–Kier alpha value is -2.45. The van der Waals surface area contributed by atoms with Crippen LogP contribution in [-0.2, 0) is 6.18 Å². The third kappa shape index (κ3) is 3.33. The Morgan fingerprint density at radius 1 is 1.30 bits per heavy atom. The number of carbonyl (C=O) groups excluding carboxylic acids is 1. The minimum absolute atomic E-state index is 0.0914. The Labute approximate surface area is 129 Å². The molecule has 0 spiro atoms. The molecule has 1 aliphatic rings. The second-order valence-electron chi connectivity index (χ2n) is 5.37. The molecule has 0 radical (unpaired) electrons. The van der Waals surface area contributed by atoms with Gasteiger partial charge in [0.05, 0.1) is 0 Å². The first-order chi connectivity index (χ1) is 10.9. The number of H-pyrrole nitrogens is 1. The molecule has 1 fully saturated rings. The van der Waals surface area contributed by atoms with E-state index < -0.39 is 11.9 Å². The van der Waals surface area contributed by atoms with Crippen LogP contribution in [0.5, 0.6) is 0 Å². The van der Waals surface area contributed by atoms with Crippen molar-refractivity contribution >= 4 is 5.91 Å². The number of hydrogen-bond acceptors (Lipinski definition) is 4. The smallest absolute Gasteiger partial charge is 0.335 e. The van der Waals surface area contributed by atoms with Gasteiger partial charge in [-0.15, -0.1) is 0 Å². The Morgan fingerprint density at radius 3 is 2.70 bits per heavy atom. The van der Waals surface area contributed by atoms with Crippen molar-refractivity contribution in [3.8, 4) is 0 Å². The van der Waals surface area contributed by atoms with Crippen molar-refractivity contribution in [2.75, 3.05) is 13.1 Å². The molecule has 2 aromatic rings. The molecule has 3 rings (SSSR count). The second kappa shape index (κ2) is 5.98. The third-order valence-electron chi connectivity index (χ3n) is 3.79. The average molecular weight is 325 g/mol. The van der Waals surface area contributed by atoms with Crippen LogP contribution in [0.15, 0.2) is 24.5 Å². The van der Waals surface area contributed by atoms with Crippen LogP contribution in [-0.4, -0.2) is 44.1 Å². The van der Waals surface area contributed by atoms with Gasteiger partial charge in [-0.3, -0.25) is 9.89 Å². The summed E-state index contributed by atoms with van der Waals surface area (Å²) in [6.45, 7) is 0.852. The molecule has 3 heterocycles. The molecule has 1 saturated heterocycles. The monoisotopic (exact) mass is 325 g/mol. The van der Waals surface area contributed by atoms with E-state index in [1.807, 2.05) is 0 Å². The Balaban J connectivity index is 1.73. The van der Waals surface area contributed by atoms with Gasteiger partial charge in [0.2, 0.25) is 5.82 Å². The predicted molar refractivity (Wildman–Crippen MR) is 73.5 cm³/mol. The number of alkyl halides is 3. The number of aromatic nitrogens is 4. The van der Waals surface area contributed by atoms with Gasteiger partial charge in [-0.1, -0.05) is 0 Å². The molecule has 1 atom stereocenters. The number of nitrogens with zero attached hydrogens (tertiary/aromatic N) is 4. The van der Waals surface area contributed by atoms with Crippen molar-refractivity contribution in [1.29, 1.82) is 0 Å². The SMILES string of the molecule is O=C(c1ncccn1)N1CCC[C@H](c2cc(C(F)(F)F)n[nH]2)C1. The lowest BCUT2D eigenvalue weighted by Gasteiger charge is -2.31. The Morgan fingerprint density at radius 2 is 2.04 bits per heavy atom. The van der Waals surface area contributed by atoms with Crippen molar-refractivity contribution in [1.82, 2.24) is 25.1 Å². The van der Waals surface area contributed by atoms with Crippen molar-refractivity contribution < 1.29 is 18.0 Å². The summed E-state index contributed by atoms with van der Waals surface area (Å²) < 4.78 is 37.9. The number of likely N-dealkylation sites (tertiary alicyclic amines) is 1. The molecule has 1 amide bonds. The van der Waals surface area contributed by atoms with Crippen LogP contribution in [0.1, 0.15) is 40.8 Å². The lowest BCUT2D eigenvalue weighted by Crippen LogP contribution is -2.39. The van der Waals surface area contributed by atoms with Gasteiger partial charge in [0, 0.05) is 37.1 Å². The van der Waals surface area contributed by atoms with Crippen LogP contribution in [0.3, 0.4) is 0 Å². The largest absolute Gasteiger partial charge is 0.435 e. The fourth-order valence-electron chi connectivity index (χ4n) is 2.66. The van der Waals surface area contributed by atoms with E-state index in [0.717, 1.165) is 6.07 Å². The minimum Gasteiger partial charge on any atom is -0.335 e. The highest BCUT2D eigenvalue weighted by Crippen LogP contribution is 2.32. The standard InChI is InChI=1S/C14H14F3N5O/c15-14(16,17)11-7-10(20-21-11)9-3-1-6-22(8-9)13(23)12-18-4-2-5-19-12/h2,4-5,7,9H,1,3,6,8H2,(H,20,21)/t9-/m0/s1. The molecule has 0 saturated carbocycles. The molecular weight excluding hydrogens is 311 g/mol. The Kier molecular flexibility index (Phi) is 4.01. The van der Waals surface area contributed by atoms with Gasteiger partial charge >= 0.3 is 6.18 Å². The molecule has 0 aliphatic carbocycles. The van der Waals surface area contributed by atoms with E-state index in [-0.39, 0.29) is 17.6 Å². The van der Waals surface area contributed by atoms with E-state index in [0.29, 0.717) is 31.6 Å². The maximum absolute atomic E-state index is 12.6. The normalized spacial score (nSPS) is 18.9. The average Bonchev–Trinajstić information content (AvgIpc) is 3.05. The molecule has 1 aliphatic heterocycles. The molecule has 0 unspecified atom stereocenters.